The number of nitrogens with zero attached hydrogens (tertiary/aromatic N) is 4. The van der Waals surface area contributed by atoms with Gasteiger partial charge in [0, 0.05) is 38.2 Å². The first-order chi connectivity index (χ1) is 12.0. The lowest BCUT2D eigenvalue weighted by atomic mass is 10.1. The van der Waals surface area contributed by atoms with Crippen LogP contribution in [0, 0.1) is 5.92 Å². The number of carbonyl (C=O) groups is 1. The molecule has 132 valence electrons. The van der Waals surface area contributed by atoms with E-state index < -0.39 is 5.97 Å². The second-order valence-electron chi connectivity index (χ2n) is 6.56. The van der Waals surface area contributed by atoms with E-state index in [0.29, 0.717) is 36.7 Å². The van der Waals surface area contributed by atoms with E-state index in [9.17, 15) is 14.7 Å². The summed E-state index contributed by atoms with van der Waals surface area (Å²) in [6, 6.07) is 5.39. The van der Waals surface area contributed by atoms with Crippen molar-refractivity contribution in [1.82, 2.24) is 18.7 Å². The van der Waals surface area contributed by atoms with Crippen LogP contribution in [0.25, 0.3) is 11.2 Å². The molecule has 7 nitrogen and oxygen atoms in total. The van der Waals surface area contributed by atoms with E-state index in [1.165, 1.54) is 12.3 Å². The zero-order valence-corrected chi connectivity index (χ0v) is 14.4. The van der Waals surface area contributed by atoms with Crippen LogP contribution in [-0.2, 0) is 19.6 Å². The summed E-state index contributed by atoms with van der Waals surface area (Å²) in [4.78, 5) is 28.4. The molecule has 0 fully saturated rings. The van der Waals surface area contributed by atoms with Crippen LogP contribution in [0.1, 0.15) is 30.6 Å². The Morgan fingerprint density at radius 2 is 1.88 bits per heavy atom. The lowest BCUT2D eigenvalue weighted by Crippen LogP contribution is -2.26. The second kappa shape index (κ2) is 6.96. The zero-order valence-electron chi connectivity index (χ0n) is 14.4. The molecule has 0 aromatic carbocycles. The summed E-state index contributed by atoms with van der Waals surface area (Å²) in [5.74, 6) is -0.586. The van der Waals surface area contributed by atoms with Crippen molar-refractivity contribution in [2.75, 3.05) is 0 Å². The normalized spacial score (nSPS) is 11.5. The Bertz CT molecular complexity index is 935. The predicted octanol–water partition coefficient (Wildman–Crippen LogP) is 2.44. The fourth-order valence-corrected chi connectivity index (χ4v) is 2.85. The van der Waals surface area contributed by atoms with Gasteiger partial charge in [0.05, 0.1) is 11.1 Å². The van der Waals surface area contributed by atoms with Gasteiger partial charge in [-0.1, -0.05) is 13.8 Å². The van der Waals surface area contributed by atoms with E-state index in [2.05, 4.69) is 18.8 Å². The van der Waals surface area contributed by atoms with Crippen molar-refractivity contribution >= 4 is 17.1 Å². The fraction of sp³-hybridized carbons (Fsp3) is 0.389. The molecule has 0 unspecified atom stereocenters. The molecular formula is C18H22N4O3. The molecule has 25 heavy (non-hydrogen) atoms. The molecule has 3 heterocycles. The molecule has 0 aliphatic heterocycles. The number of carboxylic acid groups (broad SMARTS) is 1. The average Bonchev–Trinajstić information content (AvgIpc) is 3.16. The molecule has 3 rings (SSSR count). The third-order valence-electron chi connectivity index (χ3n) is 4.28. The van der Waals surface area contributed by atoms with Crippen LogP contribution in [0.4, 0.5) is 0 Å². The van der Waals surface area contributed by atoms with Crippen molar-refractivity contribution in [2.24, 2.45) is 5.92 Å². The highest BCUT2D eigenvalue weighted by Gasteiger charge is 2.17. The Balaban J connectivity index is 2.05. The molecule has 3 aromatic rings. The van der Waals surface area contributed by atoms with Crippen LogP contribution in [0.5, 0.6) is 0 Å². The lowest BCUT2D eigenvalue weighted by molar-refractivity contribution is 0.0696. The van der Waals surface area contributed by atoms with Crippen molar-refractivity contribution in [3.8, 4) is 0 Å². The highest BCUT2D eigenvalue weighted by molar-refractivity contribution is 5.90. The number of aromatic carboxylic acids is 1. The topological polar surface area (TPSA) is 82.0 Å². The van der Waals surface area contributed by atoms with Gasteiger partial charge in [-0.2, -0.15) is 0 Å². The van der Waals surface area contributed by atoms with Gasteiger partial charge in [-0.05, 0) is 30.5 Å². The average molecular weight is 342 g/mol. The molecule has 0 saturated heterocycles. The monoisotopic (exact) mass is 342 g/mol. The Labute approximate surface area is 145 Å². The van der Waals surface area contributed by atoms with Crippen LogP contribution in [0.15, 0.2) is 41.6 Å². The van der Waals surface area contributed by atoms with E-state index in [-0.39, 0.29) is 11.3 Å². The van der Waals surface area contributed by atoms with Crippen molar-refractivity contribution in [3.63, 3.8) is 0 Å². The SMILES string of the molecule is CC(C)CCn1c(=O)n(CCn2cccc2)c2cc(C(=O)O)cnc21. The van der Waals surface area contributed by atoms with E-state index in [1.807, 2.05) is 29.1 Å². The van der Waals surface area contributed by atoms with Crippen molar-refractivity contribution in [1.29, 1.82) is 0 Å². The van der Waals surface area contributed by atoms with Gasteiger partial charge in [-0.3, -0.25) is 9.13 Å². The Hall–Kier alpha value is -2.83. The van der Waals surface area contributed by atoms with Crippen LogP contribution in [0.3, 0.4) is 0 Å². The highest BCUT2D eigenvalue weighted by Crippen LogP contribution is 2.15. The van der Waals surface area contributed by atoms with Gasteiger partial charge in [0.15, 0.2) is 5.65 Å². The molecule has 0 bridgehead atoms. The summed E-state index contributed by atoms with van der Waals surface area (Å²) >= 11 is 0. The summed E-state index contributed by atoms with van der Waals surface area (Å²) in [6.07, 6.45) is 6.04. The van der Waals surface area contributed by atoms with Crippen molar-refractivity contribution < 1.29 is 9.90 Å². The predicted molar refractivity (Wildman–Crippen MR) is 94.8 cm³/mol. The molecule has 0 radical (unpaired) electrons. The van der Waals surface area contributed by atoms with Crippen LogP contribution >= 0.6 is 0 Å². The molecule has 0 saturated carbocycles. The summed E-state index contributed by atoms with van der Waals surface area (Å²) in [5.41, 5.74) is 1.06. The standard InChI is InChI=1S/C18H22N4O3/c1-13(2)5-8-22-16-15(11-14(12-19-16)17(23)24)21(18(22)25)10-9-20-6-3-4-7-20/h3-4,6-7,11-13H,5,8-10H2,1-2H3,(H,23,24). The molecule has 7 heteroatoms. The van der Waals surface area contributed by atoms with Crippen molar-refractivity contribution in [2.45, 2.75) is 39.9 Å². The van der Waals surface area contributed by atoms with E-state index in [1.54, 1.807) is 9.13 Å². The van der Waals surface area contributed by atoms with Crippen molar-refractivity contribution in [3.05, 3.63) is 52.8 Å². The Morgan fingerprint density at radius 3 is 2.52 bits per heavy atom. The number of hydrogen-bond donors (Lipinski definition) is 1. The first kappa shape index (κ1) is 17.0. The molecule has 0 amide bonds. The Morgan fingerprint density at radius 1 is 1.16 bits per heavy atom. The smallest absolute Gasteiger partial charge is 0.337 e. The summed E-state index contributed by atoms with van der Waals surface area (Å²) in [5, 5.41) is 9.23. The molecular weight excluding hydrogens is 320 g/mol. The molecule has 0 aliphatic carbocycles. The second-order valence-corrected chi connectivity index (χ2v) is 6.56. The van der Waals surface area contributed by atoms with Crippen LogP contribution in [-0.4, -0.2) is 29.8 Å². The minimum absolute atomic E-state index is 0.0863. The number of pyridine rings is 1. The maximum absolute atomic E-state index is 12.9. The molecule has 1 N–H and O–H groups in total. The number of fused-ring (bicyclic) bond motifs is 1. The highest BCUT2D eigenvalue weighted by atomic mass is 16.4. The lowest BCUT2D eigenvalue weighted by Gasteiger charge is -2.05. The summed E-state index contributed by atoms with van der Waals surface area (Å²) < 4.78 is 5.25. The minimum Gasteiger partial charge on any atom is -0.478 e. The maximum atomic E-state index is 12.9. The summed E-state index contributed by atoms with van der Waals surface area (Å²) in [7, 11) is 0. The van der Waals surface area contributed by atoms with E-state index in [4.69, 9.17) is 0 Å². The third-order valence-corrected chi connectivity index (χ3v) is 4.28. The summed E-state index contributed by atoms with van der Waals surface area (Å²) in [6.45, 7) is 5.87. The van der Waals surface area contributed by atoms with Gasteiger partial charge in [0.2, 0.25) is 0 Å². The van der Waals surface area contributed by atoms with Crippen LogP contribution < -0.4 is 5.69 Å². The minimum atomic E-state index is -1.05. The van der Waals surface area contributed by atoms with Gasteiger partial charge in [0.25, 0.3) is 0 Å². The van der Waals surface area contributed by atoms with Gasteiger partial charge in [-0.15, -0.1) is 0 Å². The maximum Gasteiger partial charge on any atom is 0.337 e. The van der Waals surface area contributed by atoms with Gasteiger partial charge in [-0.25, -0.2) is 14.6 Å². The largest absolute Gasteiger partial charge is 0.478 e. The first-order valence-electron chi connectivity index (χ1n) is 8.40. The molecule has 0 aliphatic rings. The number of aryl methyl sites for hydroxylation is 3. The third kappa shape index (κ3) is 3.50. The number of hydrogen-bond acceptors (Lipinski definition) is 3. The number of imidazole rings is 1. The van der Waals surface area contributed by atoms with Gasteiger partial charge >= 0.3 is 11.7 Å². The molecule has 3 aromatic heterocycles. The number of aromatic nitrogens is 4. The number of carboxylic acids is 1. The quantitative estimate of drug-likeness (QED) is 0.715. The van der Waals surface area contributed by atoms with Gasteiger partial charge < -0.3 is 9.67 Å². The molecule has 0 spiro atoms. The zero-order chi connectivity index (χ0) is 18.0. The first-order valence-corrected chi connectivity index (χ1v) is 8.40. The molecule has 0 atom stereocenters. The van der Waals surface area contributed by atoms with E-state index >= 15 is 0 Å². The van der Waals surface area contributed by atoms with Gasteiger partial charge in [0.1, 0.15) is 0 Å². The fourth-order valence-electron chi connectivity index (χ4n) is 2.85. The Kier molecular flexibility index (Phi) is 4.74. The number of rotatable bonds is 7. The van der Waals surface area contributed by atoms with E-state index in [0.717, 1.165) is 6.42 Å². The van der Waals surface area contributed by atoms with Crippen LogP contribution in [0.2, 0.25) is 0 Å².